The average molecular weight is 321 g/mol. The molecule has 23 heavy (non-hydrogen) atoms. The number of aliphatic hydroxyl groups is 1. The van der Waals surface area contributed by atoms with Crippen molar-refractivity contribution in [3.63, 3.8) is 0 Å². The Hall–Kier alpha value is -1.75. The van der Waals surface area contributed by atoms with Gasteiger partial charge in [-0.15, -0.1) is 0 Å². The van der Waals surface area contributed by atoms with Crippen LogP contribution in [0.3, 0.4) is 0 Å². The molecule has 1 amide bonds. The molecule has 0 bridgehead atoms. The van der Waals surface area contributed by atoms with Crippen LogP contribution in [-0.4, -0.2) is 31.8 Å². The number of aliphatic hydroxyl groups excluding tert-OH is 1. The number of methoxy groups -OCH3 is 2. The third-order valence-electron chi connectivity index (χ3n) is 4.49. The van der Waals surface area contributed by atoms with Gasteiger partial charge in [-0.25, -0.2) is 0 Å². The second-order valence-electron chi connectivity index (χ2n) is 6.06. The van der Waals surface area contributed by atoms with Gasteiger partial charge in [0.25, 0.3) is 0 Å². The average Bonchev–Trinajstić information content (AvgIpc) is 2.88. The van der Waals surface area contributed by atoms with E-state index in [0.29, 0.717) is 17.1 Å². The molecule has 0 spiro atoms. The molecule has 128 valence electrons. The van der Waals surface area contributed by atoms with Crippen LogP contribution in [0.15, 0.2) is 18.2 Å². The van der Waals surface area contributed by atoms with Gasteiger partial charge in [0.1, 0.15) is 11.5 Å². The number of amides is 1. The summed E-state index contributed by atoms with van der Waals surface area (Å²) in [7, 11) is 3.13. The summed E-state index contributed by atoms with van der Waals surface area (Å²) in [4.78, 5) is 12.3. The van der Waals surface area contributed by atoms with Gasteiger partial charge in [-0.1, -0.05) is 25.7 Å². The molecule has 1 aliphatic carbocycles. The molecule has 0 aliphatic heterocycles. The molecule has 0 heterocycles. The Balaban J connectivity index is 1.95. The van der Waals surface area contributed by atoms with E-state index in [-0.39, 0.29) is 18.4 Å². The minimum Gasteiger partial charge on any atom is -0.497 e. The van der Waals surface area contributed by atoms with Gasteiger partial charge in [-0.05, 0) is 31.0 Å². The first-order chi connectivity index (χ1) is 11.2. The zero-order valence-corrected chi connectivity index (χ0v) is 14.0. The van der Waals surface area contributed by atoms with Gasteiger partial charge in [0.2, 0.25) is 5.91 Å². The molecule has 1 aromatic rings. The summed E-state index contributed by atoms with van der Waals surface area (Å²) in [6.07, 6.45) is 5.74. The number of hydrogen-bond donors (Lipinski definition) is 2. The second kappa shape index (κ2) is 8.77. The Morgan fingerprint density at radius 2 is 1.91 bits per heavy atom. The maximum atomic E-state index is 12.3. The predicted molar refractivity (Wildman–Crippen MR) is 88.7 cm³/mol. The lowest BCUT2D eigenvalue weighted by Gasteiger charge is -2.19. The summed E-state index contributed by atoms with van der Waals surface area (Å²) in [5.41, 5.74) is 0.619. The van der Waals surface area contributed by atoms with Crippen molar-refractivity contribution in [1.82, 2.24) is 5.32 Å². The van der Waals surface area contributed by atoms with E-state index < -0.39 is 6.10 Å². The van der Waals surface area contributed by atoms with Crippen LogP contribution in [0.1, 0.15) is 50.2 Å². The lowest BCUT2D eigenvalue weighted by molar-refractivity contribution is -0.125. The van der Waals surface area contributed by atoms with Gasteiger partial charge in [0.05, 0.1) is 20.3 Å². The van der Waals surface area contributed by atoms with Crippen molar-refractivity contribution in [1.29, 1.82) is 0 Å². The van der Waals surface area contributed by atoms with Gasteiger partial charge in [-0.2, -0.15) is 0 Å². The molecule has 2 N–H and O–H groups in total. The molecule has 5 nitrogen and oxygen atoms in total. The van der Waals surface area contributed by atoms with E-state index >= 15 is 0 Å². The molecule has 0 radical (unpaired) electrons. The van der Waals surface area contributed by atoms with E-state index in [0.717, 1.165) is 25.7 Å². The highest BCUT2D eigenvalue weighted by atomic mass is 16.5. The van der Waals surface area contributed by atoms with Crippen LogP contribution in [0.4, 0.5) is 0 Å². The molecule has 1 unspecified atom stereocenters. The van der Waals surface area contributed by atoms with Crippen LogP contribution in [0.5, 0.6) is 11.5 Å². The topological polar surface area (TPSA) is 67.8 Å². The smallest absolute Gasteiger partial charge is 0.223 e. The Morgan fingerprint density at radius 1 is 1.22 bits per heavy atom. The fourth-order valence-corrected chi connectivity index (χ4v) is 3.09. The molecule has 1 saturated carbocycles. The number of hydrogen-bond acceptors (Lipinski definition) is 4. The van der Waals surface area contributed by atoms with Crippen molar-refractivity contribution in [3.05, 3.63) is 23.8 Å². The van der Waals surface area contributed by atoms with E-state index in [1.165, 1.54) is 12.8 Å². The lowest BCUT2D eigenvalue weighted by Crippen LogP contribution is -2.33. The highest BCUT2D eigenvalue weighted by Crippen LogP contribution is 2.29. The number of carbonyl (C=O) groups is 1. The summed E-state index contributed by atoms with van der Waals surface area (Å²) in [5.74, 6) is 1.36. The molecule has 0 aromatic heterocycles. The first kappa shape index (κ1) is 17.6. The standard InChI is InChI=1S/C18H27NO4/c1-22-14-9-10-17(23-2)15(11-14)16(20)12-19-18(21)13-7-5-3-4-6-8-13/h9-11,13,16,20H,3-8,12H2,1-2H3,(H,19,21). The number of carbonyl (C=O) groups excluding carboxylic acids is 1. The molecule has 1 aromatic carbocycles. The summed E-state index contributed by atoms with van der Waals surface area (Å²) in [6, 6.07) is 5.27. The number of ether oxygens (including phenoxy) is 2. The fraction of sp³-hybridized carbons (Fsp3) is 0.611. The van der Waals surface area contributed by atoms with Crippen molar-refractivity contribution >= 4 is 5.91 Å². The third-order valence-corrected chi connectivity index (χ3v) is 4.49. The van der Waals surface area contributed by atoms with Crippen molar-refractivity contribution < 1.29 is 19.4 Å². The van der Waals surface area contributed by atoms with Crippen molar-refractivity contribution in [3.8, 4) is 11.5 Å². The van der Waals surface area contributed by atoms with E-state index in [1.807, 2.05) is 0 Å². The quantitative estimate of drug-likeness (QED) is 0.791. The molecule has 1 atom stereocenters. The van der Waals surface area contributed by atoms with Crippen LogP contribution in [0.25, 0.3) is 0 Å². The molecular formula is C18H27NO4. The highest BCUT2D eigenvalue weighted by molar-refractivity contribution is 5.78. The molecule has 5 heteroatoms. The van der Waals surface area contributed by atoms with E-state index in [2.05, 4.69) is 5.32 Å². The highest BCUT2D eigenvalue weighted by Gasteiger charge is 2.21. The third kappa shape index (κ3) is 4.86. The van der Waals surface area contributed by atoms with Crippen LogP contribution in [0, 0.1) is 5.92 Å². The maximum Gasteiger partial charge on any atom is 0.223 e. The SMILES string of the molecule is COc1ccc(OC)c(C(O)CNC(=O)C2CCCCCC2)c1. The monoisotopic (exact) mass is 321 g/mol. The zero-order chi connectivity index (χ0) is 16.7. The van der Waals surface area contributed by atoms with Crippen LogP contribution < -0.4 is 14.8 Å². The Kier molecular flexibility index (Phi) is 6.71. The Morgan fingerprint density at radius 3 is 2.52 bits per heavy atom. The van der Waals surface area contributed by atoms with Crippen molar-refractivity contribution in [2.24, 2.45) is 5.92 Å². The van der Waals surface area contributed by atoms with Crippen LogP contribution in [0.2, 0.25) is 0 Å². The van der Waals surface area contributed by atoms with Crippen LogP contribution >= 0.6 is 0 Å². The maximum absolute atomic E-state index is 12.3. The minimum atomic E-state index is -0.824. The number of benzene rings is 1. The first-order valence-electron chi connectivity index (χ1n) is 8.33. The first-order valence-corrected chi connectivity index (χ1v) is 8.33. The van der Waals surface area contributed by atoms with Crippen LogP contribution in [-0.2, 0) is 4.79 Å². The van der Waals surface area contributed by atoms with Crippen molar-refractivity contribution in [2.75, 3.05) is 20.8 Å². The summed E-state index contributed by atoms with van der Waals surface area (Å²) in [5, 5.41) is 13.3. The van der Waals surface area contributed by atoms with Gasteiger partial charge >= 0.3 is 0 Å². The largest absolute Gasteiger partial charge is 0.497 e. The zero-order valence-electron chi connectivity index (χ0n) is 14.0. The normalized spacial score (nSPS) is 17.2. The summed E-state index contributed by atoms with van der Waals surface area (Å²) < 4.78 is 10.5. The lowest BCUT2D eigenvalue weighted by atomic mass is 9.99. The summed E-state index contributed by atoms with van der Waals surface area (Å²) in [6.45, 7) is 0.179. The molecular weight excluding hydrogens is 294 g/mol. The van der Waals surface area contributed by atoms with Crippen molar-refractivity contribution in [2.45, 2.75) is 44.6 Å². The van der Waals surface area contributed by atoms with Gasteiger partial charge < -0.3 is 19.9 Å². The molecule has 0 saturated heterocycles. The minimum absolute atomic E-state index is 0.0489. The second-order valence-corrected chi connectivity index (χ2v) is 6.06. The van der Waals surface area contributed by atoms with E-state index in [9.17, 15) is 9.90 Å². The number of rotatable bonds is 6. The van der Waals surface area contributed by atoms with E-state index in [4.69, 9.17) is 9.47 Å². The molecule has 1 aliphatic rings. The van der Waals surface area contributed by atoms with E-state index in [1.54, 1.807) is 32.4 Å². The van der Waals surface area contributed by atoms with Gasteiger partial charge in [-0.3, -0.25) is 4.79 Å². The van der Waals surface area contributed by atoms with Gasteiger partial charge in [0.15, 0.2) is 0 Å². The number of nitrogens with one attached hydrogen (secondary N) is 1. The Bertz CT molecular complexity index is 510. The molecule has 2 rings (SSSR count). The molecule has 1 fully saturated rings. The Labute approximate surface area is 138 Å². The fourth-order valence-electron chi connectivity index (χ4n) is 3.09. The predicted octanol–water partition coefficient (Wildman–Crippen LogP) is 2.82. The summed E-state index contributed by atoms with van der Waals surface area (Å²) >= 11 is 0. The van der Waals surface area contributed by atoms with Gasteiger partial charge in [0, 0.05) is 18.0 Å².